The molecule has 3 aromatic rings. The van der Waals surface area contributed by atoms with Crippen molar-refractivity contribution in [3.63, 3.8) is 0 Å². The molecule has 0 amide bonds. The first-order chi connectivity index (χ1) is 17.7. The molecule has 198 valence electrons. The first kappa shape index (κ1) is 25.4. The number of ketones is 1. The summed E-state index contributed by atoms with van der Waals surface area (Å²) in [4.78, 5) is 27.4. The third-order valence-corrected chi connectivity index (χ3v) is 8.28. The minimum absolute atomic E-state index is 0.0424. The SMILES string of the molecule is CCOC(=O)c1c(CC(=O)C2CC(F)C2)sc2c1C[C@@H](n1cnnc1Nc1cc(C(F)F)nn1C)CC2. The summed E-state index contributed by atoms with van der Waals surface area (Å²) in [6, 6.07) is 1.15. The smallest absolute Gasteiger partial charge is 0.339 e. The number of Topliss-reactive ketones (excluding diaryl/α,β-unsaturated/α-hetero) is 1. The Morgan fingerprint density at radius 1 is 1.32 bits per heavy atom. The first-order valence-electron chi connectivity index (χ1n) is 12.2. The van der Waals surface area contributed by atoms with Gasteiger partial charge in [0.25, 0.3) is 6.43 Å². The highest BCUT2D eigenvalue weighted by molar-refractivity contribution is 7.12. The molecule has 2 aliphatic carbocycles. The van der Waals surface area contributed by atoms with Gasteiger partial charge >= 0.3 is 5.97 Å². The number of esters is 1. The van der Waals surface area contributed by atoms with Gasteiger partial charge in [-0.3, -0.25) is 14.0 Å². The fraction of sp³-hybridized carbons (Fsp3) is 0.542. The zero-order chi connectivity index (χ0) is 26.3. The van der Waals surface area contributed by atoms with Gasteiger partial charge < -0.3 is 10.1 Å². The lowest BCUT2D eigenvalue weighted by atomic mass is 9.79. The molecule has 0 spiro atoms. The second-order valence-corrected chi connectivity index (χ2v) is 10.6. The van der Waals surface area contributed by atoms with Gasteiger partial charge in [0, 0.05) is 41.2 Å². The molecule has 3 aromatic heterocycles. The number of aromatic nitrogens is 5. The van der Waals surface area contributed by atoms with Crippen molar-refractivity contribution >= 4 is 34.9 Å². The number of hydrogen-bond acceptors (Lipinski definition) is 8. The Kier molecular flexibility index (Phi) is 7.06. The second-order valence-electron chi connectivity index (χ2n) is 9.39. The molecule has 1 atom stereocenters. The summed E-state index contributed by atoms with van der Waals surface area (Å²) in [5.41, 5.74) is 0.938. The molecule has 37 heavy (non-hydrogen) atoms. The zero-order valence-electron chi connectivity index (χ0n) is 20.4. The normalized spacial score (nSPS) is 21.0. The zero-order valence-corrected chi connectivity index (χ0v) is 21.2. The van der Waals surface area contributed by atoms with Crippen LogP contribution in [0, 0.1) is 5.92 Å². The van der Waals surface area contributed by atoms with Crippen LogP contribution < -0.4 is 5.32 Å². The van der Waals surface area contributed by atoms with E-state index in [1.54, 1.807) is 20.3 Å². The molecular weight excluding hydrogens is 509 g/mol. The summed E-state index contributed by atoms with van der Waals surface area (Å²) >= 11 is 1.46. The average molecular weight is 537 g/mol. The van der Waals surface area contributed by atoms with Gasteiger partial charge in [-0.15, -0.1) is 21.5 Å². The third kappa shape index (κ3) is 5.00. The molecule has 1 saturated carbocycles. The number of nitrogens with one attached hydrogen (secondary N) is 1. The fourth-order valence-corrected chi connectivity index (χ4v) is 6.31. The van der Waals surface area contributed by atoms with E-state index in [4.69, 9.17) is 4.74 Å². The van der Waals surface area contributed by atoms with Crippen LogP contribution in [0.25, 0.3) is 0 Å². The maximum Gasteiger partial charge on any atom is 0.339 e. The predicted molar refractivity (Wildman–Crippen MR) is 129 cm³/mol. The molecule has 1 N–H and O–H groups in total. The van der Waals surface area contributed by atoms with Crippen LogP contribution in [0.5, 0.6) is 0 Å². The van der Waals surface area contributed by atoms with Crippen molar-refractivity contribution in [2.24, 2.45) is 13.0 Å². The van der Waals surface area contributed by atoms with E-state index in [0.29, 0.717) is 35.0 Å². The van der Waals surface area contributed by atoms with Crippen LogP contribution in [0.15, 0.2) is 12.4 Å². The van der Waals surface area contributed by atoms with Crippen molar-refractivity contribution in [2.75, 3.05) is 11.9 Å². The van der Waals surface area contributed by atoms with E-state index in [1.165, 1.54) is 22.1 Å². The van der Waals surface area contributed by atoms with Gasteiger partial charge in [-0.05, 0) is 44.6 Å². The van der Waals surface area contributed by atoms with Gasteiger partial charge in [-0.1, -0.05) is 0 Å². The summed E-state index contributed by atoms with van der Waals surface area (Å²) in [6.45, 7) is 1.93. The first-order valence-corrected chi connectivity index (χ1v) is 13.0. The van der Waals surface area contributed by atoms with E-state index >= 15 is 0 Å². The Balaban J connectivity index is 1.40. The van der Waals surface area contributed by atoms with Crippen molar-refractivity contribution in [3.05, 3.63) is 39.0 Å². The topological polar surface area (TPSA) is 104 Å². The Labute approximate surface area is 215 Å². The maximum absolute atomic E-state index is 13.3. The van der Waals surface area contributed by atoms with Crippen molar-refractivity contribution < 1.29 is 27.5 Å². The van der Waals surface area contributed by atoms with Crippen LogP contribution >= 0.6 is 11.3 Å². The van der Waals surface area contributed by atoms with Gasteiger partial charge in [-0.2, -0.15) is 5.10 Å². The maximum atomic E-state index is 13.3. The minimum atomic E-state index is -2.69. The Bertz CT molecular complexity index is 1310. The van der Waals surface area contributed by atoms with Crippen molar-refractivity contribution in [1.29, 1.82) is 0 Å². The van der Waals surface area contributed by atoms with E-state index in [9.17, 15) is 22.8 Å². The van der Waals surface area contributed by atoms with Crippen LogP contribution in [0.2, 0.25) is 0 Å². The number of thiophene rings is 1. The summed E-state index contributed by atoms with van der Waals surface area (Å²) in [7, 11) is 1.55. The third-order valence-electron chi connectivity index (χ3n) is 6.99. The number of fused-ring (bicyclic) bond motifs is 1. The molecule has 0 bridgehead atoms. The molecule has 5 rings (SSSR count). The fourth-order valence-electron chi connectivity index (χ4n) is 4.97. The van der Waals surface area contributed by atoms with Gasteiger partial charge in [0.15, 0.2) is 0 Å². The van der Waals surface area contributed by atoms with E-state index in [-0.39, 0.29) is 49.3 Å². The number of alkyl halides is 3. The number of halogens is 3. The molecule has 0 aromatic carbocycles. The standard InChI is InChI=1S/C24H27F3N6O3S/c1-3-36-23(35)21-15-8-14(4-5-18(15)37-19(21)10-17(34)12-6-13(25)7-12)33-11-28-30-24(33)29-20-9-16(22(26)27)31-32(20)2/h9,11-14,22H,3-8,10H2,1-2H3,(H,29,30)/t12?,13?,14-/m0/s1. The summed E-state index contributed by atoms with van der Waals surface area (Å²) in [5.74, 6) is -0.0844. The van der Waals surface area contributed by atoms with Crippen LogP contribution in [0.1, 0.15) is 70.0 Å². The van der Waals surface area contributed by atoms with E-state index < -0.39 is 18.6 Å². The number of anilines is 2. The molecular formula is C24H27F3N6O3S. The molecule has 0 radical (unpaired) electrons. The lowest BCUT2D eigenvalue weighted by molar-refractivity contribution is -0.126. The monoisotopic (exact) mass is 536 g/mol. The van der Waals surface area contributed by atoms with Crippen LogP contribution in [0.4, 0.5) is 24.9 Å². The van der Waals surface area contributed by atoms with E-state index in [2.05, 4.69) is 20.6 Å². The molecule has 13 heteroatoms. The quantitative estimate of drug-likeness (QED) is 0.401. The number of ether oxygens (including phenoxy) is 1. The molecule has 0 unspecified atom stereocenters. The number of hydrogen-bond donors (Lipinski definition) is 1. The van der Waals surface area contributed by atoms with Crippen molar-refractivity contribution in [2.45, 2.75) is 64.1 Å². The van der Waals surface area contributed by atoms with E-state index in [0.717, 1.165) is 16.9 Å². The van der Waals surface area contributed by atoms with Gasteiger partial charge in [-0.25, -0.2) is 18.0 Å². The van der Waals surface area contributed by atoms with Crippen LogP contribution in [-0.2, 0) is 35.8 Å². The number of aryl methyl sites for hydroxylation is 2. The summed E-state index contributed by atoms with van der Waals surface area (Å²) in [6.07, 6.45) is 0.447. The van der Waals surface area contributed by atoms with Gasteiger partial charge in [0.05, 0.1) is 12.2 Å². The summed E-state index contributed by atoms with van der Waals surface area (Å²) in [5, 5.41) is 15.0. The molecule has 0 saturated heterocycles. The molecule has 2 aliphatic rings. The van der Waals surface area contributed by atoms with Crippen molar-refractivity contribution in [1.82, 2.24) is 24.5 Å². The highest BCUT2D eigenvalue weighted by Gasteiger charge is 2.37. The van der Waals surface area contributed by atoms with Gasteiger partial charge in [0.1, 0.15) is 29.8 Å². The number of rotatable bonds is 9. The molecule has 3 heterocycles. The Morgan fingerprint density at radius 2 is 2.11 bits per heavy atom. The minimum Gasteiger partial charge on any atom is -0.462 e. The van der Waals surface area contributed by atoms with Gasteiger partial charge in [0.2, 0.25) is 5.95 Å². The lowest BCUT2D eigenvalue weighted by Gasteiger charge is -2.28. The second kappa shape index (κ2) is 10.3. The molecule has 0 aliphatic heterocycles. The largest absolute Gasteiger partial charge is 0.462 e. The number of nitrogens with zero attached hydrogens (tertiary/aromatic N) is 5. The lowest BCUT2D eigenvalue weighted by Crippen LogP contribution is -2.32. The highest BCUT2D eigenvalue weighted by atomic mass is 32.1. The van der Waals surface area contributed by atoms with Crippen LogP contribution in [-0.4, -0.2) is 49.1 Å². The Morgan fingerprint density at radius 3 is 2.78 bits per heavy atom. The Hall–Kier alpha value is -3.22. The van der Waals surface area contributed by atoms with Crippen molar-refractivity contribution in [3.8, 4) is 0 Å². The highest BCUT2D eigenvalue weighted by Crippen LogP contribution is 2.41. The molecule has 9 nitrogen and oxygen atoms in total. The number of carbonyl (C=O) groups excluding carboxylic acids is 2. The predicted octanol–water partition coefficient (Wildman–Crippen LogP) is 4.52. The average Bonchev–Trinajstić information content (AvgIpc) is 3.54. The summed E-state index contributed by atoms with van der Waals surface area (Å²) < 4.78 is 47.9. The van der Waals surface area contributed by atoms with E-state index in [1.807, 2.05) is 4.57 Å². The molecule has 1 fully saturated rings. The van der Waals surface area contributed by atoms with Crippen LogP contribution in [0.3, 0.4) is 0 Å². The number of carbonyl (C=O) groups is 2.